The normalized spacial score (nSPS) is 10.5. The van der Waals surface area contributed by atoms with Crippen LogP contribution in [0.25, 0.3) is 0 Å². The summed E-state index contributed by atoms with van der Waals surface area (Å²) < 4.78 is 19.8. The van der Waals surface area contributed by atoms with Crippen LogP contribution in [0.5, 0.6) is 5.75 Å². The molecule has 3 rings (SSSR count). The average Bonchev–Trinajstić information content (AvgIpc) is 2.67. The third-order valence-corrected chi connectivity index (χ3v) is 4.71. The standard InChI is InChI=1S/C22H19ClFNO3/c1-14-9-10-15(22(26)27)11-20(14)25-12-16-5-2-3-8-21(16)28-13-17-18(23)6-4-7-19(17)24/h2-11,25H,12-13H2,1H3,(H,26,27). The fourth-order valence-electron chi connectivity index (χ4n) is 2.75. The molecule has 0 saturated carbocycles. The zero-order valence-corrected chi connectivity index (χ0v) is 16.0. The van der Waals surface area contributed by atoms with Crippen LogP contribution in [-0.2, 0) is 13.2 Å². The summed E-state index contributed by atoms with van der Waals surface area (Å²) in [7, 11) is 0. The van der Waals surface area contributed by atoms with Gasteiger partial charge in [0.2, 0.25) is 0 Å². The van der Waals surface area contributed by atoms with Crippen molar-refractivity contribution in [2.24, 2.45) is 0 Å². The molecule has 28 heavy (non-hydrogen) atoms. The van der Waals surface area contributed by atoms with E-state index in [0.717, 1.165) is 16.8 Å². The first-order valence-corrected chi connectivity index (χ1v) is 9.05. The summed E-state index contributed by atoms with van der Waals surface area (Å²) in [6.45, 7) is 2.33. The van der Waals surface area contributed by atoms with E-state index in [2.05, 4.69) is 5.32 Å². The molecule has 0 heterocycles. The van der Waals surface area contributed by atoms with Gasteiger partial charge in [0.25, 0.3) is 0 Å². The van der Waals surface area contributed by atoms with Crippen LogP contribution >= 0.6 is 11.6 Å². The molecule has 2 N–H and O–H groups in total. The van der Waals surface area contributed by atoms with Gasteiger partial charge in [-0.25, -0.2) is 9.18 Å². The van der Waals surface area contributed by atoms with Crippen molar-refractivity contribution in [2.75, 3.05) is 5.32 Å². The van der Waals surface area contributed by atoms with Gasteiger partial charge in [-0.15, -0.1) is 0 Å². The predicted octanol–water partition coefficient (Wildman–Crippen LogP) is 5.68. The van der Waals surface area contributed by atoms with Gasteiger partial charge in [-0.05, 0) is 42.8 Å². The molecule has 0 unspecified atom stereocenters. The highest BCUT2D eigenvalue weighted by Gasteiger charge is 2.11. The Labute approximate surface area is 167 Å². The van der Waals surface area contributed by atoms with Crippen LogP contribution in [-0.4, -0.2) is 11.1 Å². The maximum absolute atomic E-state index is 13.9. The van der Waals surface area contributed by atoms with Crippen molar-refractivity contribution in [3.05, 3.63) is 93.8 Å². The quantitative estimate of drug-likeness (QED) is 0.536. The van der Waals surface area contributed by atoms with Crippen LogP contribution in [0.1, 0.15) is 27.0 Å². The Bertz CT molecular complexity index is 987. The average molecular weight is 400 g/mol. The van der Waals surface area contributed by atoms with Crippen LogP contribution in [0.4, 0.5) is 10.1 Å². The molecule has 0 amide bonds. The zero-order valence-electron chi connectivity index (χ0n) is 15.2. The largest absolute Gasteiger partial charge is 0.488 e. The molecular formula is C22H19ClFNO3. The van der Waals surface area contributed by atoms with Crippen LogP contribution < -0.4 is 10.1 Å². The number of carboxylic acids is 1. The second-order valence-corrected chi connectivity index (χ2v) is 6.69. The molecule has 0 bridgehead atoms. The summed E-state index contributed by atoms with van der Waals surface area (Å²) >= 11 is 6.05. The van der Waals surface area contributed by atoms with Gasteiger partial charge in [-0.3, -0.25) is 0 Å². The molecule has 144 valence electrons. The lowest BCUT2D eigenvalue weighted by atomic mass is 10.1. The number of aryl methyl sites for hydroxylation is 1. The second kappa shape index (κ2) is 8.76. The highest BCUT2D eigenvalue weighted by molar-refractivity contribution is 6.31. The molecule has 0 spiro atoms. The Balaban J connectivity index is 1.74. The van der Waals surface area contributed by atoms with E-state index in [9.17, 15) is 9.18 Å². The minimum Gasteiger partial charge on any atom is -0.488 e. The second-order valence-electron chi connectivity index (χ2n) is 6.29. The van der Waals surface area contributed by atoms with Crippen molar-refractivity contribution in [1.29, 1.82) is 0 Å². The van der Waals surface area contributed by atoms with Crippen LogP contribution in [0.3, 0.4) is 0 Å². The van der Waals surface area contributed by atoms with Crippen molar-refractivity contribution in [1.82, 2.24) is 0 Å². The molecule has 3 aromatic rings. The van der Waals surface area contributed by atoms with Gasteiger partial charge in [-0.1, -0.05) is 41.9 Å². The fourth-order valence-corrected chi connectivity index (χ4v) is 2.96. The van der Waals surface area contributed by atoms with Gasteiger partial charge < -0.3 is 15.2 Å². The van der Waals surface area contributed by atoms with E-state index in [1.807, 2.05) is 25.1 Å². The Kier molecular flexibility index (Phi) is 6.16. The molecule has 0 aliphatic heterocycles. The van der Waals surface area contributed by atoms with Crippen LogP contribution in [0, 0.1) is 12.7 Å². The predicted molar refractivity (Wildman–Crippen MR) is 108 cm³/mol. The first-order chi connectivity index (χ1) is 13.5. The summed E-state index contributed by atoms with van der Waals surface area (Å²) in [5, 5.41) is 12.7. The van der Waals surface area contributed by atoms with Crippen molar-refractivity contribution in [3.63, 3.8) is 0 Å². The number of hydrogen-bond donors (Lipinski definition) is 2. The SMILES string of the molecule is Cc1ccc(C(=O)O)cc1NCc1ccccc1OCc1c(F)cccc1Cl. The van der Waals surface area contributed by atoms with Crippen LogP contribution in [0.15, 0.2) is 60.7 Å². The summed E-state index contributed by atoms with van der Waals surface area (Å²) in [5.41, 5.74) is 3.03. The smallest absolute Gasteiger partial charge is 0.335 e. The lowest BCUT2D eigenvalue weighted by Crippen LogP contribution is -2.06. The Morgan fingerprint density at radius 3 is 2.68 bits per heavy atom. The third-order valence-electron chi connectivity index (χ3n) is 4.36. The number of benzene rings is 3. The summed E-state index contributed by atoms with van der Waals surface area (Å²) in [4.78, 5) is 11.2. The maximum atomic E-state index is 13.9. The fraction of sp³-hybridized carbons (Fsp3) is 0.136. The third kappa shape index (κ3) is 4.61. The van der Waals surface area contributed by atoms with Crippen molar-refractivity contribution < 1.29 is 19.0 Å². The van der Waals surface area contributed by atoms with Gasteiger partial charge in [-0.2, -0.15) is 0 Å². The molecule has 0 saturated heterocycles. The molecule has 0 radical (unpaired) electrons. The number of aromatic carboxylic acids is 1. The number of carbonyl (C=O) groups is 1. The van der Waals surface area contributed by atoms with Gasteiger partial charge >= 0.3 is 5.97 Å². The molecule has 0 aromatic heterocycles. The molecule has 3 aromatic carbocycles. The highest BCUT2D eigenvalue weighted by atomic mass is 35.5. The monoisotopic (exact) mass is 399 g/mol. The van der Waals surface area contributed by atoms with Crippen molar-refractivity contribution >= 4 is 23.3 Å². The van der Waals surface area contributed by atoms with Gasteiger partial charge in [0.1, 0.15) is 18.2 Å². The summed E-state index contributed by atoms with van der Waals surface area (Å²) in [5.74, 6) is -0.792. The topological polar surface area (TPSA) is 58.6 Å². The summed E-state index contributed by atoms with van der Waals surface area (Å²) in [6, 6.07) is 16.8. The van der Waals surface area contributed by atoms with Crippen molar-refractivity contribution in [2.45, 2.75) is 20.1 Å². The van der Waals surface area contributed by atoms with Gasteiger partial charge in [0.15, 0.2) is 0 Å². The molecule has 6 heteroatoms. The van der Waals surface area contributed by atoms with Crippen molar-refractivity contribution in [3.8, 4) is 5.75 Å². The van der Waals surface area contributed by atoms with E-state index < -0.39 is 11.8 Å². The van der Waals surface area contributed by atoms with Crippen LogP contribution in [0.2, 0.25) is 5.02 Å². The molecule has 0 aliphatic carbocycles. The number of halogens is 2. The zero-order chi connectivity index (χ0) is 20.1. The highest BCUT2D eigenvalue weighted by Crippen LogP contribution is 2.25. The first-order valence-electron chi connectivity index (χ1n) is 8.67. The minimum absolute atomic E-state index is 0.00997. The van der Waals surface area contributed by atoms with E-state index in [1.54, 1.807) is 36.4 Å². The molecule has 0 fully saturated rings. The number of ether oxygens (including phenoxy) is 1. The van der Waals surface area contributed by atoms with E-state index in [4.69, 9.17) is 21.4 Å². The van der Waals surface area contributed by atoms with E-state index in [1.165, 1.54) is 6.07 Å². The number of anilines is 1. The number of hydrogen-bond acceptors (Lipinski definition) is 3. The Morgan fingerprint density at radius 1 is 1.14 bits per heavy atom. The lowest BCUT2D eigenvalue weighted by molar-refractivity contribution is 0.0697. The Morgan fingerprint density at radius 2 is 1.93 bits per heavy atom. The number of para-hydroxylation sites is 1. The first kappa shape index (κ1) is 19.7. The molecule has 0 aliphatic rings. The number of rotatable bonds is 7. The Hall–Kier alpha value is -3.05. The van der Waals surface area contributed by atoms with Gasteiger partial charge in [0.05, 0.1) is 10.6 Å². The molecular weight excluding hydrogens is 381 g/mol. The summed E-state index contributed by atoms with van der Waals surface area (Å²) in [6.07, 6.45) is 0. The number of carboxylic acid groups (broad SMARTS) is 1. The lowest BCUT2D eigenvalue weighted by Gasteiger charge is -2.15. The minimum atomic E-state index is -0.978. The van der Waals surface area contributed by atoms with E-state index in [0.29, 0.717) is 22.9 Å². The molecule has 4 nitrogen and oxygen atoms in total. The van der Waals surface area contributed by atoms with Gasteiger partial charge in [0, 0.05) is 23.4 Å². The number of nitrogens with one attached hydrogen (secondary N) is 1. The molecule has 0 atom stereocenters. The van der Waals surface area contributed by atoms with E-state index >= 15 is 0 Å². The van der Waals surface area contributed by atoms with E-state index in [-0.39, 0.29) is 12.2 Å². The maximum Gasteiger partial charge on any atom is 0.335 e.